The molecule has 0 saturated heterocycles. The molecule has 0 aromatic heterocycles. The summed E-state index contributed by atoms with van der Waals surface area (Å²) in [6.45, 7) is 5.21. The predicted molar refractivity (Wildman–Crippen MR) is 67.7 cm³/mol. The van der Waals surface area contributed by atoms with Crippen molar-refractivity contribution in [1.82, 2.24) is 5.32 Å². The van der Waals surface area contributed by atoms with E-state index in [9.17, 15) is 0 Å². The Morgan fingerprint density at radius 2 is 2.14 bits per heavy atom. The Morgan fingerprint density at radius 1 is 1.43 bits per heavy atom. The van der Waals surface area contributed by atoms with Gasteiger partial charge in [-0.2, -0.15) is 0 Å². The Labute approximate surface area is 99.2 Å². The van der Waals surface area contributed by atoms with Gasteiger partial charge >= 0.3 is 0 Å². The predicted octanol–water partition coefficient (Wildman–Crippen LogP) is 2.80. The number of methoxy groups -OCH3 is 1. The fraction of sp³-hybridized carbons (Fsp3) is 0.455. The highest BCUT2D eigenvalue weighted by molar-refractivity contribution is 14.1. The zero-order valence-electron chi connectivity index (χ0n) is 8.80. The number of halogens is 1. The molecule has 0 unspecified atom stereocenters. The van der Waals surface area contributed by atoms with Gasteiger partial charge in [-0.25, -0.2) is 0 Å². The molecular weight excluding hydrogens is 289 g/mol. The first kappa shape index (κ1) is 11.8. The van der Waals surface area contributed by atoms with Gasteiger partial charge in [-0.3, -0.25) is 0 Å². The van der Waals surface area contributed by atoms with Crippen molar-refractivity contribution < 1.29 is 4.74 Å². The third kappa shape index (κ3) is 3.46. The number of nitrogens with one attached hydrogen (secondary N) is 1. The van der Waals surface area contributed by atoms with E-state index < -0.39 is 0 Å². The second kappa shape index (κ2) is 5.56. The van der Waals surface area contributed by atoms with Gasteiger partial charge in [0, 0.05) is 12.6 Å². The minimum absolute atomic E-state index is 0.523. The molecule has 0 fully saturated rings. The zero-order chi connectivity index (χ0) is 10.6. The van der Waals surface area contributed by atoms with Crippen LogP contribution in [-0.2, 0) is 6.54 Å². The summed E-state index contributed by atoms with van der Waals surface area (Å²) in [7, 11) is 1.70. The Balaban J connectivity index is 2.66. The molecule has 1 aromatic rings. The number of ether oxygens (including phenoxy) is 1. The second-order valence-corrected chi connectivity index (χ2v) is 4.67. The Morgan fingerprint density at radius 3 is 2.64 bits per heavy atom. The molecule has 0 aliphatic heterocycles. The average Bonchev–Trinajstić information content (AvgIpc) is 2.15. The summed E-state index contributed by atoms with van der Waals surface area (Å²) in [4.78, 5) is 0. The van der Waals surface area contributed by atoms with Crippen LogP contribution in [0.15, 0.2) is 18.2 Å². The lowest BCUT2D eigenvalue weighted by Crippen LogP contribution is -2.21. The van der Waals surface area contributed by atoms with Crippen LogP contribution in [0.3, 0.4) is 0 Å². The van der Waals surface area contributed by atoms with Crippen LogP contribution in [-0.4, -0.2) is 13.2 Å². The van der Waals surface area contributed by atoms with Gasteiger partial charge in [0.2, 0.25) is 0 Å². The molecule has 0 aliphatic rings. The first-order valence-corrected chi connectivity index (χ1v) is 5.77. The lowest BCUT2D eigenvalue weighted by molar-refractivity contribution is 0.411. The summed E-state index contributed by atoms with van der Waals surface area (Å²) >= 11 is 2.29. The minimum Gasteiger partial charge on any atom is -0.496 e. The van der Waals surface area contributed by atoms with Gasteiger partial charge in [0.25, 0.3) is 0 Å². The summed E-state index contributed by atoms with van der Waals surface area (Å²) in [6, 6.07) is 6.78. The van der Waals surface area contributed by atoms with Gasteiger partial charge in [-0.05, 0) is 40.3 Å². The highest BCUT2D eigenvalue weighted by Crippen LogP contribution is 2.21. The normalized spacial score (nSPS) is 10.6. The molecule has 0 amide bonds. The van der Waals surface area contributed by atoms with Crippen molar-refractivity contribution in [1.29, 1.82) is 0 Å². The largest absolute Gasteiger partial charge is 0.496 e. The quantitative estimate of drug-likeness (QED) is 0.864. The minimum atomic E-state index is 0.523. The second-order valence-electron chi connectivity index (χ2n) is 3.50. The topological polar surface area (TPSA) is 21.3 Å². The molecule has 0 atom stereocenters. The smallest absolute Gasteiger partial charge is 0.132 e. The number of hydrogen-bond donors (Lipinski definition) is 1. The first-order chi connectivity index (χ1) is 6.63. The summed E-state index contributed by atoms with van der Waals surface area (Å²) in [5.74, 6) is 0.943. The van der Waals surface area contributed by atoms with Crippen LogP contribution in [0.2, 0.25) is 0 Å². The van der Waals surface area contributed by atoms with Crippen LogP contribution in [0, 0.1) is 3.57 Å². The van der Waals surface area contributed by atoms with Crippen LogP contribution in [0.4, 0.5) is 0 Å². The van der Waals surface area contributed by atoms with Crippen molar-refractivity contribution in [3.8, 4) is 5.75 Å². The monoisotopic (exact) mass is 305 g/mol. The third-order valence-corrected chi connectivity index (χ3v) is 2.77. The Kier molecular flexibility index (Phi) is 4.68. The molecule has 14 heavy (non-hydrogen) atoms. The molecule has 1 aromatic carbocycles. The van der Waals surface area contributed by atoms with Crippen LogP contribution in [0.1, 0.15) is 19.4 Å². The number of hydrogen-bond acceptors (Lipinski definition) is 2. The highest BCUT2D eigenvalue weighted by Gasteiger charge is 2.01. The SMILES string of the molecule is COc1ccc(CNC(C)C)cc1I. The maximum atomic E-state index is 5.20. The van der Waals surface area contributed by atoms with Crippen LogP contribution in [0.5, 0.6) is 5.75 Å². The van der Waals surface area contributed by atoms with Gasteiger partial charge in [0.05, 0.1) is 10.7 Å². The number of benzene rings is 1. The Hall–Kier alpha value is -0.290. The molecule has 0 aliphatic carbocycles. The van der Waals surface area contributed by atoms with Gasteiger partial charge < -0.3 is 10.1 Å². The van der Waals surface area contributed by atoms with E-state index in [1.54, 1.807) is 7.11 Å². The third-order valence-electron chi connectivity index (χ3n) is 1.93. The van der Waals surface area contributed by atoms with E-state index in [1.807, 2.05) is 6.07 Å². The lowest BCUT2D eigenvalue weighted by Gasteiger charge is -2.09. The first-order valence-electron chi connectivity index (χ1n) is 4.69. The van der Waals surface area contributed by atoms with Crippen molar-refractivity contribution in [3.63, 3.8) is 0 Å². The molecule has 1 rings (SSSR count). The summed E-state index contributed by atoms with van der Waals surface area (Å²) in [5, 5.41) is 3.38. The van der Waals surface area contributed by atoms with Crippen molar-refractivity contribution in [2.24, 2.45) is 0 Å². The van der Waals surface area contributed by atoms with Gasteiger partial charge in [-0.15, -0.1) is 0 Å². The molecule has 0 heterocycles. The average molecular weight is 305 g/mol. The lowest BCUT2D eigenvalue weighted by atomic mass is 10.2. The standard InChI is InChI=1S/C11H16INO/c1-8(2)13-7-9-4-5-11(14-3)10(12)6-9/h4-6,8,13H,7H2,1-3H3. The van der Waals surface area contributed by atoms with Gasteiger partial charge in [0.15, 0.2) is 0 Å². The molecule has 0 radical (unpaired) electrons. The fourth-order valence-electron chi connectivity index (χ4n) is 1.14. The summed E-state index contributed by atoms with van der Waals surface area (Å²) < 4.78 is 6.36. The Bertz CT molecular complexity index is 299. The van der Waals surface area contributed by atoms with Gasteiger partial charge in [-0.1, -0.05) is 19.9 Å². The highest BCUT2D eigenvalue weighted by atomic mass is 127. The molecule has 0 spiro atoms. The molecule has 78 valence electrons. The molecule has 1 N–H and O–H groups in total. The van der Waals surface area contributed by atoms with Crippen LogP contribution < -0.4 is 10.1 Å². The molecule has 0 saturated carbocycles. The van der Waals surface area contributed by atoms with Crippen molar-refractivity contribution in [3.05, 3.63) is 27.3 Å². The molecule has 2 nitrogen and oxygen atoms in total. The van der Waals surface area contributed by atoms with Crippen LogP contribution in [0.25, 0.3) is 0 Å². The summed E-state index contributed by atoms with van der Waals surface area (Å²) in [6.07, 6.45) is 0. The van der Waals surface area contributed by atoms with E-state index in [-0.39, 0.29) is 0 Å². The zero-order valence-corrected chi connectivity index (χ0v) is 11.0. The molecular formula is C11H16INO. The van der Waals surface area contributed by atoms with Crippen LogP contribution >= 0.6 is 22.6 Å². The van der Waals surface area contributed by atoms with Crippen molar-refractivity contribution in [2.45, 2.75) is 26.4 Å². The van der Waals surface area contributed by atoms with E-state index in [0.29, 0.717) is 6.04 Å². The van der Waals surface area contributed by atoms with E-state index in [1.165, 1.54) is 5.56 Å². The molecule has 0 bridgehead atoms. The molecule has 3 heteroatoms. The fourth-order valence-corrected chi connectivity index (χ4v) is 1.94. The summed E-state index contributed by atoms with van der Waals surface area (Å²) in [5.41, 5.74) is 1.30. The van der Waals surface area contributed by atoms with E-state index in [2.05, 4.69) is 53.9 Å². The van der Waals surface area contributed by atoms with E-state index >= 15 is 0 Å². The maximum absolute atomic E-state index is 5.20. The van der Waals surface area contributed by atoms with Crippen molar-refractivity contribution in [2.75, 3.05) is 7.11 Å². The maximum Gasteiger partial charge on any atom is 0.132 e. The van der Waals surface area contributed by atoms with Crippen molar-refractivity contribution >= 4 is 22.6 Å². The van der Waals surface area contributed by atoms with E-state index in [0.717, 1.165) is 15.9 Å². The number of rotatable bonds is 4. The van der Waals surface area contributed by atoms with Gasteiger partial charge in [0.1, 0.15) is 5.75 Å². The van der Waals surface area contributed by atoms with E-state index in [4.69, 9.17) is 4.74 Å².